The topological polar surface area (TPSA) is 21.1 Å². The molecule has 11 aromatic carbocycles. The molecule has 3 nitrogen and oxygen atoms in total. The molecule has 0 bridgehead atoms. The lowest BCUT2D eigenvalue weighted by molar-refractivity contribution is 0.768. The summed E-state index contributed by atoms with van der Waals surface area (Å²) in [5.74, 6) is 0. The third kappa shape index (κ3) is 6.93. The van der Waals surface area contributed by atoms with Crippen molar-refractivity contribution in [2.75, 3.05) is 4.90 Å². The highest BCUT2D eigenvalue weighted by Crippen LogP contribution is 2.57. The van der Waals surface area contributed by atoms with E-state index in [-0.39, 0.29) is 0 Å². The Balaban J connectivity index is 0.999. The highest BCUT2D eigenvalue weighted by atomic mass is 15.1. The Labute approximate surface area is 425 Å². The Kier molecular flexibility index (Phi) is 10.1. The van der Waals surface area contributed by atoms with Crippen LogP contribution in [-0.2, 0) is 5.41 Å². The van der Waals surface area contributed by atoms with Crippen molar-refractivity contribution in [3.63, 3.8) is 0 Å². The molecule has 13 aromatic rings. The van der Waals surface area contributed by atoms with Gasteiger partial charge in [0.05, 0.1) is 27.7 Å². The summed E-state index contributed by atoms with van der Waals surface area (Å²) in [6.07, 6.45) is 0. The van der Waals surface area contributed by atoms with Gasteiger partial charge in [0.25, 0.3) is 0 Å². The average Bonchev–Trinajstić information content (AvgIpc) is 3.96. The zero-order chi connectivity index (χ0) is 48.3. The minimum absolute atomic E-state index is 0.543. The number of benzene rings is 11. The number of rotatable bonds is 9. The van der Waals surface area contributed by atoms with Crippen molar-refractivity contribution in [1.29, 1.82) is 0 Å². The van der Waals surface area contributed by atoms with E-state index in [0.717, 1.165) is 67.1 Å². The van der Waals surface area contributed by atoms with E-state index in [2.05, 4.69) is 295 Å². The number of aromatic nitrogens is 2. The van der Waals surface area contributed by atoms with Crippen LogP contribution in [0.1, 0.15) is 22.3 Å². The molecule has 14 rings (SSSR count). The largest absolute Gasteiger partial charge is 0.310 e. The molecule has 2 aromatic heterocycles. The normalized spacial score (nSPS) is 12.5. The fourth-order valence-electron chi connectivity index (χ4n) is 11.8. The molecule has 1 aliphatic rings. The van der Waals surface area contributed by atoms with E-state index in [4.69, 9.17) is 4.98 Å². The third-order valence-corrected chi connectivity index (χ3v) is 15.0. The minimum atomic E-state index is -0.543. The lowest BCUT2D eigenvalue weighted by Crippen LogP contribution is -2.28. The van der Waals surface area contributed by atoms with Crippen LogP contribution in [0.25, 0.3) is 83.0 Å². The fraction of sp³-hybridized carbons (Fsp3) is 0.0143. The maximum absolute atomic E-state index is 5.39. The van der Waals surface area contributed by atoms with Crippen molar-refractivity contribution in [2.45, 2.75) is 5.41 Å². The first-order chi connectivity index (χ1) is 36.2. The molecule has 0 atom stereocenters. The van der Waals surface area contributed by atoms with Crippen molar-refractivity contribution < 1.29 is 0 Å². The van der Waals surface area contributed by atoms with E-state index in [1.165, 1.54) is 55.3 Å². The van der Waals surface area contributed by atoms with Gasteiger partial charge in [-0.2, -0.15) is 0 Å². The minimum Gasteiger partial charge on any atom is -0.310 e. The SMILES string of the molecule is c1ccc(-c2ccc(N(c3ccc4c(c3)C(c3ccccc3)(c3ccccc3)c3ccccc3-4)c3ccc4c(c3)c3ccc(-c5nc6ccccc6cc5-c5ccccc5)cc3n4-c3ccccc3)cc2)cc1. The van der Waals surface area contributed by atoms with Crippen LogP contribution >= 0.6 is 0 Å². The molecule has 0 amide bonds. The zero-order valence-electron chi connectivity index (χ0n) is 40.0. The zero-order valence-corrected chi connectivity index (χ0v) is 40.0. The quantitative estimate of drug-likeness (QED) is 0.144. The Morgan fingerprint density at radius 3 is 1.60 bits per heavy atom. The molecule has 3 heteroatoms. The number of pyridine rings is 1. The fourth-order valence-corrected chi connectivity index (χ4v) is 11.8. The number of hydrogen-bond acceptors (Lipinski definition) is 2. The molecule has 73 heavy (non-hydrogen) atoms. The number of fused-ring (bicyclic) bond motifs is 7. The van der Waals surface area contributed by atoms with Gasteiger partial charge in [-0.15, -0.1) is 0 Å². The van der Waals surface area contributed by atoms with E-state index in [9.17, 15) is 0 Å². The van der Waals surface area contributed by atoms with E-state index in [1.807, 2.05) is 0 Å². The summed E-state index contributed by atoms with van der Waals surface area (Å²) in [6, 6.07) is 104. The summed E-state index contributed by atoms with van der Waals surface area (Å²) in [5, 5.41) is 3.46. The van der Waals surface area contributed by atoms with Crippen molar-refractivity contribution in [2.24, 2.45) is 0 Å². The monoisotopic (exact) mass is 929 g/mol. The summed E-state index contributed by atoms with van der Waals surface area (Å²) < 4.78 is 2.42. The van der Waals surface area contributed by atoms with Gasteiger partial charge in [0.15, 0.2) is 0 Å². The summed E-state index contributed by atoms with van der Waals surface area (Å²) in [4.78, 5) is 7.83. The molecule has 0 saturated heterocycles. The van der Waals surface area contributed by atoms with Gasteiger partial charge in [-0.1, -0.05) is 212 Å². The Morgan fingerprint density at radius 2 is 0.877 bits per heavy atom. The van der Waals surface area contributed by atoms with Crippen LogP contribution in [0.2, 0.25) is 0 Å². The standard InChI is InChI=1S/C70H47N3/c1-6-20-48(21-7-1)49-34-37-56(38-35-49)72(58-39-42-60-59-31-17-18-32-64(59)70(65(60)47-58,53-25-10-3-11-26-53)54-27-12-4-13-28-54)57-40-43-67-63(46-57)61-41-36-52(45-68(61)73(67)55-29-14-5-15-30-55)69-62(50-22-8-2-9-23-50)44-51-24-16-19-33-66(51)71-69/h1-47H. The Bertz CT molecular complexity index is 4130. The van der Waals surface area contributed by atoms with Gasteiger partial charge in [-0.25, -0.2) is 4.98 Å². The lowest BCUT2D eigenvalue weighted by atomic mass is 9.67. The highest BCUT2D eigenvalue weighted by Gasteiger charge is 2.46. The summed E-state index contributed by atoms with van der Waals surface area (Å²) in [7, 11) is 0. The van der Waals surface area contributed by atoms with Crippen molar-refractivity contribution >= 4 is 49.8 Å². The highest BCUT2D eigenvalue weighted by molar-refractivity contribution is 6.12. The molecule has 2 heterocycles. The molecule has 0 saturated carbocycles. The van der Waals surface area contributed by atoms with Crippen LogP contribution in [0.5, 0.6) is 0 Å². The average molecular weight is 930 g/mol. The van der Waals surface area contributed by atoms with Crippen LogP contribution < -0.4 is 4.90 Å². The van der Waals surface area contributed by atoms with Gasteiger partial charge < -0.3 is 9.47 Å². The smallest absolute Gasteiger partial charge is 0.0788 e. The predicted molar refractivity (Wildman–Crippen MR) is 304 cm³/mol. The molecule has 342 valence electrons. The van der Waals surface area contributed by atoms with Crippen LogP contribution in [0, 0.1) is 0 Å². The molecular weight excluding hydrogens is 883 g/mol. The summed E-state index contributed by atoms with van der Waals surface area (Å²) in [6.45, 7) is 0. The first-order valence-electron chi connectivity index (χ1n) is 25.1. The van der Waals surface area contributed by atoms with Crippen molar-refractivity contribution in [3.05, 3.63) is 307 Å². The van der Waals surface area contributed by atoms with Gasteiger partial charge in [-0.05, 0) is 123 Å². The second-order valence-corrected chi connectivity index (χ2v) is 19.1. The Hall–Kier alpha value is -9.57. The predicted octanol–water partition coefficient (Wildman–Crippen LogP) is 18.2. The van der Waals surface area contributed by atoms with E-state index in [0.29, 0.717) is 0 Å². The van der Waals surface area contributed by atoms with Gasteiger partial charge in [0.1, 0.15) is 0 Å². The van der Waals surface area contributed by atoms with E-state index in [1.54, 1.807) is 0 Å². The molecule has 0 unspecified atom stereocenters. The number of nitrogens with zero attached hydrogens (tertiary/aromatic N) is 3. The summed E-state index contributed by atoms with van der Waals surface area (Å²) in [5.41, 5.74) is 21.2. The molecule has 0 fully saturated rings. The first kappa shape index (κ1) is 42.3. The van der Waals surface area contributed by atoms with Crippen LogP contribution in [-0.4, -0.2) is 9.55 Å². The maximum Gasteiger partial charge on any atom is 0.0788 e. The number of anilines is 3. The first-order valence-corrected chi connectivity index (χ1v) is 25.1. The van der Waals surface area contributed by atoms with Crippen LogP contribution in [0.15, 0.2) is 285 Å². The van der Waals surface area contributed by atoms with Crippen LogP contribution in [0.3, 0.4) is 0 Å². The number of para-hydroxylation sites is 2. The van der Waals surface area contributed by atoms with Gasteiger partial charge in [-0.3, -0.25) is 0 Å². The van der Waals surface area contributed by atoms with Gasteiger partial charge >= 0.3 is 0 Å². The molecular formula is C70H47N3. The van der Waals surface area contributed by atoms with Crippen molar-refractivity contribution in [3.8, 4) is 50.3 Å². The molecule has 1 aliphatic carbocycles. The third-order valence-electron chi connectivity index (χ3n) is 15.0. The van der Waals surface area contributed by atoms with Crippen molar-refractivity contribution in [1.82, 2.24) is 9.55 Å². The molecule has 0 spiro atoms. The lowest BCUT2D eigenvalue weighted by Gasteiger charge is -2.35. The van der Waals surface area contributed by atoms with Crippen LogP contribution in [0.4, 0.5) is 17.1 Å². The van der Waals surface area contributed by atoms with E-state index >= 15 is 0 Å². The maximum atomic E-state index is 5.39. The number of hydrogen-bond donors (Lipinski definition) is 0. The summed E-state index contributed by atoms with van der Waals surface area (Å²) >= 11 is 0. The van der Waals surface area contributed by atoms with E-state index < -0.39 is 5.41 Å². The van der Waals surface area contributed by atoms with Gasteiger partial charge in [0, 0.05) is 50.0 Å². The second-order valence-electron chi connectivity index (χ2n) is 19.1. The molecule has 0 aliphatic heterocycles. The molecule has 0 N–H and O–H groups in total. The Morgan fingerprint density at radius 1 is 0.329 bits per heavy atom. The second kappa shape index (κ2) is 17.4. The molecule has 0 radical (unpaired) electrons. The van der Waals surface area contributed by atoms with Gasteiger partial charge in [0.2, 0.25) is 0 Å².